The monoisotopic (exact) mass is 386 g/mol. The van der Waals surface area contributed by atoms with Gasteiger partial charge >= 0.3 is 0 Å². The van der Waals surface area contributed by atoms with Crippen LogP contribution < -0.4 is 0 Å². The highest BCUT2D eigenvalue weighted by atomic mass is 16.5. The summed E-state index contributed by atoms with van der Waals surface area (Å²) in [6, 6.07) is 3.99. The minimum absolute atomic E-state index is 0.0544. The van der Waals surface area contributed by atoms with E-state index >= 15 is 0 Å². The summed E-state index contributed by atoms with van der Waals surface area (Å²) < 4.78 is 12.3. The topological polar surface area (TPSA) is 51.7 Å². The van der Waals surface area contributed by atoms with Crippen LogP contribution in [0, 0.1) is 17.3 Å². The molecule has 28 heavy (non-hydrogen) atoms. The molecule has 1 amide bonds. The van der Waals surface area contributed by atoms with Crippen molar-refractivity contribution in [2.75, 3.05) is 26.3 Å². The smallest absolute Gasteiger partial charge is 0.225 e. The average molecular weight is 387 g/mol. The predicted molar refractivity (Wildman–Crippen MR) is 108 cm³/mol. The molecule has 3 fully saturated rings. The van der Waals surface area contributed by atoms with Crippen molar-refractivity contribution in [3.8, 4) is 0 Å². The maximum absolute atomic E-state index is 13.2. The van der Waals surface area contributed by atoms with Gasteiger partial charge in [-0.25, -0.2) is 0 Å². The number of amides is 1. The fourth-order valence-electron chi connectivity index (χ4n) is 5.31. The van der Waals surface area contributed by atoms with Crippen LogP contribution in [0.5, 0.6) is 0 Å². The van der Waals surface area contributed by atoms with E-state index in [0.717, 1.165) is 63.3 Å². The third-order valence-corrected chi connectivity index (χ3v) is 7.07. The van der Waals surface area contributed by atoms with Crippen molar-refractivity contribution in [3.63, 3.8) is 0 Å². The van der Waals surface area contributed by atoms with Gasteiger partial charge in [-0.1, -0.05) is 6.92 Å². The number of carbonyl (C=O) groups excluding carboxylic acids is 1. The SMILES string of the molecule is CC1CCC(C(=O)N2CCC3OCCCC3(COCc3ccncc3)C2)CC1. The molecule has 2 saturated heterocycles. The molecule has 154 valence electrons. The van der Waals surface area contributed by atoms with E-state index in [1.165, 1.54) is 12.8 Å². The van der Waals surface area contributed by atoms with Gasteiger partial charge in [0.1, 0.15) is 0 Å². The maximum atomic E-state index is 13.2. The second-order valence-corrected chi connectivity index (χ2v) is 9.18. The van der Waals surface area contributed by atoms with E-state index in [2.05, 4.69) is 16.8 Å². The fraction of sp³-hybridized carbons (Fsp3) is 0.739. The number of ether oxygens (including phenoxy) is 2. The number of hydrogen-bond donors (Lipinski definition) is 0. The first-order valence-corrected chi connectivity index (χ1v) is 11.0. The molecule has 4 rings (SSSR count). The van der Waals surface area contributed by atoms with Crippen molar-refractivity contribution >= 4 is 5.91 Å². The Morgan fingerprint density at radius 3 is 2.82 bits per heavy atom. The number of piperidine rings is 1. The Labute approximate surface area is 168 Å². The quantitative estimate of drug-likeness (QED) is 0.772. The summed E-state index contributed by atoms with van der Waals surface area (Å²) in [5.41, 5.74) is 1.08. The number of rotatable bonds is 5. The number of aromatic nitrogens is 1. The molecular weight excluding hydrogens is 352 g/mol. The number of hydrogen-bond acceptors (Lipinski definition) is 4. The minimum Gasteiger partial charge on any atom is -0.377 e. The van der Waals surface area contributed by atoms with E-state index in [1.54, 1.807) is 12.4 Å². The van der Waals surface area contributed by atoms with E-state index in [4.69, 9.17) is 9.47 Å². The lowest BCUT2D eigenvalue weighted by atomic mass is 9.72. The maximum Gasteiger partial charge on any atom is 0.225 e. The molecular formula is C23H34N2O3. The van der Waals surface area contributed by atoms with Gasteiger partial charge in [0.25, 0.3) is 0 Å². The summed E-state index contributed by atoms with van der Waals surface area (Å²) in [5.74, 6) is 1.38. The van der Waals surface area contributed by atoms with Gasteiger partial charge in [-0.05, 0) is 68.6 Å². The van der Waals surface area contributed by atoms with Crippen LogP contribution in [0.1, 0.15) is 57.4 Å². The van der Waals surface area contributed by atoms with E-state index in [0.29, 0.717) is 19.1 Å². The molecule has 0 bridgehead atoms. The molecule has 1 aromatic rings. The highest BCUT2D eigenvalue weighted by Crippen LogP contribution is 2.41. The van der Waals surface area contributed by atoms with Gasteiger partial charge in [-0.15, -0.1) is 0 Å². The fourth-order valence-corrected chi connectivity index (χ4v) is 5.31. The molecule has 3 aliphatic rings. The van der Waals surface area contributed by atoms with Gasteiger partial charge in [0.2, 0.25) is 5.91 Å². The Kier molecular flexibility index (Phi) is 6.32. The average Bonchev–Trinajstić information content (AvgIpc) is 2.74. The molecule has 5 nitrogen and oxygen atoms in total. The predicted octanol–water partition coefficient (Wildman–Crippen LogP) is 3.82. The van der Waals surface area contributed by atoms with Crippen LogP contribution in [-0.2, 0) is 20.9 Å². The third kappa shape index (κ3) is 4.41. The van der Waals surface area contributed by atoms with Crippen molar-refractivity contribution < 1.29 is 14.3 Å². The Morgan fingerprint density at radius 1 is 1.25 bits per heavy atom. The first-order valence-electron chi connectivity index (χ1n) is 11.0. The minimum atomic E-state index is -0.0544. The van der Waals surface area contributed by atoms with Crippen LogP contribution in [0.4, 0.5) is 0 Å². The molecule has 0 aromatic carbocycles. The van der Waals surface area contributed by atoms with Crippen molar-refractivity contribution in [1.82, 2.24) is 9.88 Å². The number of fused-ring (bicyclic) bond motifs is 1. The number of likely N-dealkylation sites (tertiary alicyclic amines) is 1. The molecule has 1 saturated carbocycles. The van der Waals surface area contributed by atoms with Crippen molar-refractivity contribution in [3.05, 3.63) is 30.1 Å². The van der Waals surface area contributed by atoms with Gasteiger partial charge in [0, 0.05) is 43.4 Å². The van der Waals surface area contributed by atoms with Crippen molar-refractivity contribution in [2.24, 2.45) is 17.3 Å². The molecule has 3 heterocycles. The van der Waals surface area contributed by atoms with E-state index < -0.39 is 0 Å². The van der Waals surface area contributed by atoms with Gasteiger partial charge in [-0.2, -0.15) is 0 Å². The van der Waals surface area contributed by atoms with Gasteiger partial charge < -0.3 is 14.4 Å². The summed E-state index contributed by atoms with van der Waals surface area (Å²) in [7, 11) is 0. The summed E-state index contributed by atoms with van der Waals surface area (Å²) in [6.45, 7) is 6.02. The van der Waals surface area contributed by atoms with E-state index in [-0.39, 0.29) is 17.4 Å². The summed E-state index contributed by atoms with van der Waals surface area (Å²) >= 11 is 0. The summed E-state index contributed by atoms with van der Waals surface area (Å²) in [5, 5.41) is 0. The third-order valence-electron chi connectivity index (χ3n) is 7.07. The highest BCUT2D eigenvalue weighted by Gasteiger charge is 2.47. The van der Waals surface area contributed by atoms with Gasteiger partial charge in [0.05, 0.1) is 19.3 Å². The van der Waals surface area contributed by atoms with Crippen molar-refractivity contribution in [1.29, 1.82) is 0 Å². The molecule has 5 heteroatoms. The first-order chi connectivity index (χ1) is 13.7. The largest absolute Gasteiger partial charge is 0.377 e. The molecule has 2 aliphatic heterocycles. The summed E-state index contributed by atoms with van der Waals surface area (Å²) in [6.07, 6.45) is 11.4. The highest BCUT2D eigenvalue weighted by molar-refractivity contribution is 5.79. The number of pyridine rings is 1. The molecule has 2 atom stereocenters. The van der Waals surface area contributed by atoms with E-state index in [1.807, 2.05) is 12.1 Å². The second-order valence-electron chi connectivity index (χ2n) is 9.18. The number of carbonyl (C=O) groups is 1. The standard InChI is InChI=1S/C23H34N2O3/c1-18-3-5-20(6-4-18)22(26)25-13-9-21-23(16-25,10-2-14-28-21)17-27-15-19-7-11-24-12-8-19/h7-8,11-12,18,20-21H,2-6,9-10,13-17H2,1H3. The van der Waals surface area contributed by atoms with Crippen LogP contribution >= 0.6 is 0 Å². The Morgan fingerprint density at radius 2 is 2.04 bits per heavy atom. The lowest BCUT2D eigenvalue weighted by Crippen LogP contribution is -2.58. The second kappa shape index (κ2) is 8.91. The molecule has 0 spiro atoms. The molecule has 2 unspecified atom stereocenters. The lowest BCUT2D eigenvalue weighted by molar-refractivity contribution is -0.169. The number of nitrogens with zero attached hydrogens (tertiary/aromatic N) is 2. The molecule has 0 radical (unpaired) electrons. The van der Waals surface area contributed by atoms with Crippen LogP contribution in [0.2, 0.25) is 0 Å². The van der Waals surface area contributed by atoms with Crippen LogP contribution in [0.15, 0.2) is 24.5 Å². The molecule has 1 aromatic heterocycles. The zero-order chi connectivity index (χ0) is 19.4. The van der Waals surface area contributed by atoms with Crippen LogP contribution in [0.3, 0.4) is 0 Å². The zero-order valence-corrected chi connectivity index (χ0v) is 17.1. The Balaban J connectivity index is 1.39. The van der Waals surface area contributed by atoms with Crippen LogP contribution in [-0.4, -0.2) is 48.2 Å². The molecule has 1 aliphatic carbocycles. The van der Waals surface area contributed by atoms with E-state index in [9.17, 15) is 4.79 Å². The van der Waals surface area contributed by atoms with Crippen molar-refractivity contribution in [2.45, 2.75) is 64.6 Å². The Bertz CT molecular complexity index is 645. The molecule has 0 N–H and O–H groups in total. The van der Waals surface area contributed by atoms with Crippen LogP contribution in [0.25, 0.3) is 0 Å². The normalized spacial score (nSPS) is 33.3. The van der Waals surface area contributed by atoms with Gasteiger partial charge in [-0.3, -0.25) is 9.78 Å². The van der Waals surface area contributed by atoms with Gasteiger partial charge in [0.15, 0.2) is 0 Å². The first kappa shape index (κ1) is 19.8. The summed E-state index contributed by atoms with van der Waals surface area (Å²) in [4.78, 5) is 19.4. The Hall–Kier alpha value is -1.46. The zero-order valence-electron chi connectivity index (χ0n) is 17.1. The lowest BCUT2D eigenvalue weighted by Gasteiger charge is -2.51.